The first-order valence-corrected chi connectivity index (χ1v) is 11.2. The molecule has 2 aromatic rings. The average Bonchev–Trinajstić information content (AvgIpc) is 3.45. The minimum absolute atomic E-state index is 0.178. The normalized spacial score (nSPS) is 21.6. The Hall–Kier alpha value is -2.28. The van der Waals surface area contributed by atoms with Gasteiger partial charge in [-0.05, 0) is 73.1 Å². The lowest BCUT2D eigenvalue weighted by atomic mass is 9.83. The molecule has 1 aromatic heterocycles. The van der Waals surface area contributed by atoms with Crippen molar-refractivity contribution in [3.63, 3.8) is 0 Å². The number of hydrogen-bond donors (Lipinski definition) is 0. The first-order valence-electron chi connectivity index (χ1n) is 11.2. The van der Waals surface area contributed by atoms with E-state index >= 15 is 0 Å². The van der Waals surface area contributed by atoms with Crippen LogP contribution in [0, 0.1) is 0 Å². The van der Waals surface area contributed by atoms with Crippen LogP contribution in [0.4, 0.5) is 18.9 Å². The van der Waals surface area contributed by atoms with E-state index in [1.807, 2.05) is 6.20 Å². The van der Waals surface area contributed by atoms with Gasteiger partial charge in [0.05, 0.1) is 6.67 Å². The Morgan fingerprint density at radius 3 is 2.45 bits per heavy atom. The lowest BCUT2D eigenvalue weighted by Gasteiger charge is -2.27. The molecule has 4 nitrogen and oxygen atoms in total. The lowest BCUT2D eigenvalue weighted by Crippen LogP contribution is -2.32. The number of halogens is 3. The summed E-state index contributed by atoms with van der Waals surface area (Å²) in [7, 11) is 0. The van der Waals surface area contributed by atoms with Gasteiger partial charge < -0.3 is 9.64 Å². The molecule has 1 aromatic carbocycles. The van der Waals surface area contributed by atoms with E-state index in [1.54, 1.807) is 12.1 Å². The van der Waals surface area contributed by atoms with Crippen LogP contribution in [0.1, 0.15) is 62.0 Å². The summed E-state index contributed by atoms with van der Waals surface area (Å²) in [5, 5.41) is 0. The number of pyridine rings is 1. The predicted octanol–water partition coefficient (Wildman–Crippen LogP) is 5.84. The molecule has 1 spiro atoms. The highest BCUT2D eigenvalue weighted by Crippen LogP contribution is 2.48. The van der Waals surface area contributed by atoms with Gasteiger partial charge in [0.1, 0.15) is 5.75 Å². The second kappa shape index (κ2) is 8.01. The highest BCUT2D eigenvalue weighted by Gasteiger charge is 2.53. The second-order valence-corrected chi connectivity index (χ2v) is 9.21. The highest BCUT2D eigenvalue weighted by atomic mass is 19.4. The molecule has 0 N–H and O–H groups in total. The topological polar surface area (TPSA) is 28.6 Å². The Labute approximate surface area is 181 Å². The molecule has 0 amide bonds. The first-order chi connectivity index (χ1) is 14.9. The maximum absolute atomic E-state index is 12.4. The van der Waals surface area contributed by atoms with Crippen molar-refractivity contribution < 1.29 is 17.9 Å². The van der Waals surface area contributed by atoms with Crippen LogP contribution in [-0.4, -0.2) is 35.0 Å². The zero-order chi connectivity index (χ0) is 21.5. The number of aromatic nitrogens is 1. The molecule has 0 bridgehead atoms. The number of hydrogen-bond acceptors (Lipinski definition) is 4. The number of rotatable bonds is 5. The van der Waals surface area contributed by atoms with E-state index in [0.29, 0.717) is 5.92 Å². The number of nitrogens with zero attached hydrogens (tertiary/aromatic N) is 3. The maximum Gasteiger partial charge on any atom is 0.573 e. The standard InChI is InChI=1S/C24H28F3N3O/c25-24(26,27)31-21-8-6-20(7-9-21)29-16-23(11-12-23)30(17-29)15-19-10-13-28-14-22(19)18-4-2-1-3-5-18/h6-10,13-14,18H,1-5,11-12,15-17H2. The van der Waals surface area contributed by atoms with Gasteiger partial charge in [0.15, 0.2) is 0 Å². The van der Waals surface area contributed by atoms with Gasteiger partial charge in [0.2, 0.25) is 0 Å². The van der Waals surface area contributed by atoms with Crippen molar-refractivity contribution in [2.75, 3.05) is 18.1 Å². The second-order valence-electron chi connectivity index (χ2n) is 9.21. The molecule has 2 aliphatic carbocycles. The number of ether oxygens (including phenoxy) is 1. The minimum Gasteiger partial charge on any atom is -0.406 e. The summed E-state index contributed by atoms with van der Waals surface area (Å²) in [6.07, 6.45) is 8.08. The van der Waals surface area contributed by atoms with E-state index < -0.39 is 6.36 Å². The van der Waals surface area contributed by atoms with Gasteiger partial charge in [0, 0.05) is 36.7 Å². The van der Waals surface area contributed by atoms with E-state index in [-0.39, 0.29) is 11.3 Å². The largest absolute Gasteiger partial charge is 0.573 e. The minimum atomic E-state index is -4.66. The van der Waals surface area contributed by atoms with E-state index in [1.165, 1.54) is 68.2 Å². The van der Waals surface area contributed by atoms with Crippen LogP contribution in [0.2, 0.25) is 0 Å². The molecule has 0 radical (unpaired) electrons. The predicted molar refractivity (Wildman–Crippen MR) is 113 cm³/mol. The van der Waals surface area contributed by atoms with Crippen LogP contribution in [0.3, 0.4) is 0 Å². The van der Waals surface area contributed by atoms with Crippen LogP contribution >= 0.6 is 0 Å². The molecule has 2 saturated carbocycles. The molecular formula is C24H28F3N3O. The fourth-order valence-electron chi connectivity index (χ4n) is 5.30. The Balaban J connectivity index is 1.30. The molecule has 3 aliphatic rings. The van der Waals surface area contributed by atoms with Crippen molar-refractivity contribution >= 4 is 5.69 Å². The van der Waals surface area contributed by atoms with Gasteiger partial charge in [-0.2, -0.15) is 0 Å². The number of anilines is 1. The van der Waals surface area contributed by atoms with Crippen molar-refractivity contribution in [3.8, 4) is 5.75 Å². The van der Waals surface area contributed by atoms with Crippen LogP contribution in [0.15, 0.2) is 42.7 Å². The average molecular weight is 432 g/mol. The molecule has 0 unspecified atom stereocenters. The van der Waals surface area contributed by atoms with Crippen LogP contribution in [0.25, 0.3) is 0 Å². The maximum atomic E-state index is 12.4. The van der Waals surface area contributed by atoms with Gasteiger partial charge in [-0.15, -0.1) is 13.2 Å². The van der Waals surface area contributed by atoms with Crippen molar-refractivity contribution in [3.05, 3.63) is 53.9 Å². The van der Waals surface area contributed by atoms with Gasteiger partial charge >= 0.3 is 6.36 Å². The first kappa shape index (κ1) is 20.6. The molecule has 2 heterocycles. The van der Waals surface area contributed by atoms with Crippen molar-refractivity contribution in [2.45, 2.75) is 69.3 Å². The summed E-state index contributed by atoms with van der Waals surface area (Å²) in [6, 6.07) is 8.41. The van der Waals surface area contributed by atoms with E-state index in [4.69, 9.17) is 0 Å². The molecule has 1 aliphatic heterocycles. The SMILES string of the molecule is FC(F)(F)Oc1ccc(N2CN(Cc3ccncc3C3CCCCC3)C3(CC3)C2)cc1. The zero-order valence-corrected chi connectivity index (χ0v) is 17.6. The summed E-state index contributed by atoms with van der Waals surface area (Å²) < 4.78 is 41.3. The molecular weight excluding hydrogens is 403 g/mol. The quantitative estimate of drug-likeness (QED) is 0.595. The Kier molecular flexibility index (Phi) is 5.32. The monoisotopic (exact) mass is 431 g/mol. The van der Waals surface area contributed by atoms with Crippen LogP contribution in [0.5, 0.6) is 5.75 Å². The Morgan fingerprint density at radius 1 is 1.03 bits per heavy atom. The molecule has 3 fully saturated rings. The van der Waals surface area contributed by atoms with E-state index in [2.05, 4.69) is 31.8 Å². The summed E-state index contributed by atoms with van der Waals surface area (Å²) in [4.78, 5) is 9.24. The van der Waals surface area contributed by atoms with E-state index in [9.17, 15) is 13.2 Å². The molecule has 166 valence electrons. The Bertz CT molecular complexity index is 905. The summed E-state index contributed by atoms with van der Waals surface area (Å²) in [6.45, 7) is 2.60. The van der Waals surface area contributed by atoms with Crippen molar-refractivity contribution in [1.82, 2.24) is 9.88 Å². The Morgan fingerprint density at radius 2 is 1.77 bits per heavy atom. The molecule has 7 heteroatoms. The van der Waals surface area contributed by atoms with Crippen LogP contribution in [-0.2, 0) is 6.54 Å². The van der Waals surface area contributed by atoms with Crippen LogP contribution < -0.4 is 9.64 Å². The third-order valence-corrected chi connectivity index (χ3v) is 7.11. The van der Waals surface area contributed by atoms with Gasteiger partial charge in [-0.25, -0.2) is 0 Å². The molecule has 0 atom stereocenters. The smallest absolute Gasteiger partial charge is 0.406 e. The molecule has 31 heavy (non-hydrogen) atoms. The highest BCUT2D eigenvalue weighted by molar-refractivity contribution is 5.51. The summed E-state index contributed by atoms with van der Waals surface area (Å²) >= 11 is 0. The van der Waals surface area contributed by atoms with E-state index in [0.717, 1.165) is 25.4 Å². The van der Waals surface area contributed by atoms with Gasteiger partial charge in [-0.3, -0.25) is 9.88 Å². The third kappa shape index (κ3) is 4.52. The van der Waals surface area contributed by atoms with Crippen molar-refractivity contribution in [1.29, 1.82) is 0 Å². The molecule has 5 rings (SSSR count). The number of benzene rings is 1. The summed E-state index contributed by atoms with van der Waals surface area (Å²) in [5.41, 5.74) is 3.91. The van der Waals surface area contributed by atoms with Gasteiger partial charge in [-0.1, -0.05) is 19.3 Å². The lowest BCUT2D eigenvalue weighted by molar-refractivity contribution is -0.274. The zero-order valence-electron chi connectivity index (χ0n) is 17.6. The third-order valence-electron chi connectivity index (χ3n) is 7.11. The fourth-order valence-corrected chi connectivity index (χ4v) is 5.30. The van der Waals surface area contributed by atoms with Crippen molar-refractivity contribution in [2.24, 2.45) is 0 Å². The fraction of sp³-hybridized carbons (Fsp3) is 0.542. The number of alkyl halides is 3. The molecule has 1 saturated heterocycles. The van der Waals surface area contributed by atoms with Gasteiger partial charge in [0.25, 0.3) is 0 Å². The summed E-state index contributed by atoms with van der Waals surface area (Å²) in [5.74, 6) is 0.440.